The summed E-state index contributed by atoms with van der Waals surface area (Å²) in [6.07, 6.45) is 4.10. The average Bonchev–Trinajstić information content (AvgIpc) is 2.47. The Morgan fingerprint density at radius 1 is 1.40 bits per heavy atom. The number of anilines is 1. The SMILES string of the molecule is CCC1(CC)CC(Nc2cc(C)ccc2C#N)CCO1. The van der Waals surface area contributed by atoms with Crippen LogP contribution in [0, 0.1) is 18.3 Å². The number of nitrogens with one attached hydrogen (secondary N) is 1. The van der Waals surface area contributed by atoms with Crippen molar-refractivity contribution in [2.24, 2.45) is 0 Å². The van der Waals surface area contributed by atoms with Gasteiger partial charge < -0.3 is 10.1 Å². The largest absolute Gasteiger partial charge is 0.381 e. The van der Waals surface area contributed by atoms with Gasteiger partial charge in [-0.15, -0.1) is 0 Å². The normalized spacial score (nSPS) is 21.2. The Morgan fingerprint density at radius 3 is 2.80 bits per heavy atom. The average molecular weight is 272 g/mol. The van der Waals surface area contributed by atoms with Crippen LogP contribution in [0.3, 0.4) is 0 Å². The van der Waals surface area contributed by atoms with Crippen molar-refractivity contribution in [2.75, 3.05) is 11.9 Å². The lowest BCUT2D eigenvalue weighted by Crippen LogP contribution is -2.43. The van der Waals surface area contributed by atoms with Crippen molar-refractivity contribution in [1.82, 2.24) is 0 Å². The fourth-order valence-corrected chi connectivity index (χ4v) is 2.99. The summed E-state index contributed by atoms with van der Waals surface area (Å²) in [5.74, 6) is 0. The van der Waals surface area contributed by atoms with Crippen LogP contribution in [0.1, 0.15) is 50.7 Å². The molecule has 1 saturated heterocycles. The number of hydrogen-bond acceptors (Lipinski definition) is 3. The zero-order chi connectivity index (χ0) is 14.6. The minimum absolute atomic E-state index is 0.00650. The molecule has 0 aliphatic carbocycles. The van der Waals surface area contributed by atoms with Gasteiger partial charge in [0.15, 0.2) is 0 Å². The number of ether oxygens (including phenoxy) is 1. The van der Waals surface area contributed by atoms with Crippen molar-refractivity contribution in [2.45, 2.75) is 58.1 Å². The van der Waals surface area contributed by atoms with Crippen molar-refractivity contribution < 1.29 is 4.74 Å². The number of hydrogen-bond donors (Lipinski definition) is 1. The van der Waals surface area contributed by atoms with Gasteiger partial charge in [0.25, 0.3) is 0 Å². The van der Waals surface area contributed by atoms with E-state index in [0.717, 1.165) is 43.5 Å². The smallest absolute Gasteiger partial charge is 0.101 e. The molecule has 0 bridgehead atoms. The number of benzene rings is 1. The number of rotatable bonds is 4. The molecule has 0 spiro atoms. The summed E-state index contributed by atoms with van der Waals surface area (Å²) in [5.41, 5.74) is 2.86. The van der Waals surface area contributed by atoms with E-state index in [-0.39, 0.29) is 5.60 Å². The van der Waals surface area contributed by atoms with Gasteiger partial charge in [-0.05, 0) is 50.3 Å². The minimum atomic E-state index is 0.00650. The molecule has 0 radical (unpaired) electrons. The lowest BCUT2D eigenvalue weighted by atomic mass is 9.85. The highest BCUT2D eigenvalue weighted by Crippen LogP contribution is 2.33. The molecular weight excluding hydrogens is 248 g/mol. The lowest BCUT2D eigenvalue weighted by molar-refractivity contribution is -0.0864. The summed E-state index contributed by atoms with van der Waals surface area (Å²) in [7, 11) is 0. The summed E-state index contributed by atoms with van der Waals surface area (Å²) in [6, 6.07) is 8.59. The number of nitrogens with zero attached hydrogens (tertiary/aromatic N) is 1. The molecule has 108 valence electrons. The van der Waals surface area contributed by atoms with Gasteiger partial charge in [-0.25, -0.2) is 0 Å². The molecule has 1 aromatic rings. The first-order valence-electron chi connectivity index (χ1n) is 7.53. The molecule has 1 atom stereocenters. The molecule has 1 unspecified atom stereocenters. The van der Waals surface area contributed by atoms with Crippen molar-refractivity contribution in [3.8, 4) is 6.07 Å². The summed E-state index contributed by atoms with van der Waals surface area (Å²) in [4.78, 5) is 0. The van der Waals surface area contributed by atoms with E-state index >= 15 is 0 Å². The second-order valence-electron chi connectivity index (χ2n) is 5.73. The maximum absolute atomic E-state index is 9.22. The first kappa shape index (κ1) is 14.9. The topological polar surface area (TPSA) is 45.0 Å². The fraction of sp³-hybridized carbons (Fsp3) is 0.588. The summed E-state index contributed by atoms with van der Waals surface area (Å²) in [6.45, 7) is 7.24. The molecular formula is C17H24N2O. The van der Waals surface area contributed by atoms with Crippen LogP contribution in [0.25, 0.3) is 0 Å². The Morgan fingerprint density at radius 2 is 2.15 bits per heavy atom. The third-order valence-corrected chi connectivity index (χ3v) is 4.44. The zero-order valence-corrected chi connectivity index (χ0v) is 12.7. The summed E-state index contributed by atoms with van der Waals surface area (Å²) >= 11 is 0. The first-order chi connectivity index (χ1) is 9.62. The van der Waals surface area contributed by atoms with Crippen molar-refractivity contribution in [1.29, 1.82) is 5.26 Å². The molecule has 1 aliphatic heterocycles. The highest BCUT2D eigenvalue weighted by molar-refractivity contribution is 5.59. The Balaban J connectivity index is 2.14. The first-order valence-corrected chi connectivity index (χ1v) is 7.53. The van der Waals surface area contributed by atoms with Gasteiger partial charge in [-0.2, -0.15) is 5.26 Å². The van der Waals surface area contributed by atoms with Crippen LogP contribution in [0.4, 0.5) is 5.69 Å². The van der Waals surface area contributed by atoms with E-state index in [1.165, 1.54) is 5.56 Å². The van der Waals surface area contributed by atoms with E-state index in [1.54, 1.807) is 0 Å². The highest BCUT2D eigenvalue weighted by Gasteiger charge is 2.34. The number of nitriles is 1. The maximum atomic E-state index is 9.22. The quantitative estimate of drug-likeness (QED) is 0.900. The molecule has 3 heteroatoms. The molecule has 3 nitrogen and oxygen atoms in total. The van der Waals surface area contributed by atoms with Crippen molar-refractivity contribution in [3.63, 3.8) is 0 Å². The van der Waals surface area contributed by atoms with Crippen LogP contribution in [-0.4, -0.2) is 18.2 Å². The Bertz CT molecular complexity index is 500. The van der Waals surface area contributed by atoms with Gasteiger partial charge in [0.2, 0.25) is 0 Å². The maximum Gasteiger partial charge on any atom is 0.101 e. The van der Waals surface area contributed by atoms with E-state index in [4.69, 9.17) is 4.74 Å². The predicted molar refractivity (Wildman–Crippen MR) is 81.8 cm³/mol. The minimum Gasteiger partial charge on any atom is -0.381 e. The second kappa shape index (κ2) is 6.28. The van der Waals surface area contributed by atoms with E-state index < -0.39 is 0 Å². The van der Waals surface area contributed by atoms with Crippen LogP contribution in [-0.2, 0) is 4.74 Å². The van der Waals surface area contributed by atoms with E-state index in [0.29, 0.717) is 6.04 Å². The van der Waals surface area contributed by atoms with E-state index in [1.807, 2.05) is 12.1 Å². The highest BCUT2D eigenvalue weighted by atomic mass is 16.5. The third kappa shape index (κ3) is 3.13. The molecule has 1 fully saturated rings. The molecule has 2 rings (SSSR count). The molecule has 0 amide bonds. The summed E-state index contributed by atoms with van der Waals surface area (Å²) in [5, 5.41) is 12.8. The van der Waals surface area contributed by atoms with Gasteiger partial charge in [-0.3, -0.25) is 0 Å². The number of aryl methyl sites for hydroxylation is 1. The van der Waals surface area contributed by atoms with Gasteiger partial charge in [-0.1, -0.05) is 19.9 Å². The second-order valence-corrected chi connectivity index (χ2v) is 5.73. The molecule has 1 aliphatic rings. The monoisotopic (exact) mass is 272 g/mol. The van der Waals surface area contributed by atoms with Crippen LogP contribution in [0.15, 0.2) is 18.2 Å². The van der Waals surface area contributed by atoms with Gasteiger partial charge in [0, 0.05) is 12.6 Å². The standard InChI is InChI=1S/C17H24N2O/c1-4-17(5-2)11-15(8-9-20-17)19-16-10-13(3)6-7-14(16)12-18/h6-7,10,15,19H,4-5,8-9,11H2,1-3H3. The predicted octanol–water partition coefficient (Wildman–Crippen LogP) is 4.02. The van der Waals surface area contributed by atoms with Gasteiger partial charge >= 0.3 is 0 Å². The third-order valence-electron chi connectivity index (χ3n) is 4.44. The van der Waals surface area contributed by atoms with Crippen molar-refractivity contribution in [3.05, 3.63) is 29.3 Å². The lowest BCUT2D eigenvalue weighted by Gasteiger charge is -2.40. The molecule has 1 N–H and O–H groups in total. The van der Waals surface area contributed by atoms with Crippen LogP contribution in [0.5, 0.6) is 0 Å². The van der Waals surface area contributed by atoms with Crippen LogP contribution in [0.2, 0.25) is 0 Å². The zero-order valence-electron chi connectivity index (χ0n) is 12.7. The molecule has 0 saturated carbocycles. The van der Waals surface area contributed by atoms with E-state index in [9.17, 15) is 5.26 Å². The van der Waals surface area contributed by atoms with E-state index in [2.05, 4.69) is 38.2 Å². The van der Waals surface area contributed by atoms with Crippen LogP contribution < -0.4 is 5.32 Å². The molecule has 1 heterocycles. The Labute approximate surface area is 121 Å². The molecule has 20 heavy (non-hydrogen) atoms. The van der Waals surface area contributed by atoms with Crippen molar-refractivity contribution >= 4 is 5.69 Å². The van der Waals surface area contributed by atoms with Crippen LogP contribution >= 0.6 is 0 Å². The Kier molecular flexibility index (Phi) is 4.67. The molecule has 0 aromatic heterocycles. The summed E-state index contributed by atoms with van der Waals surface area (Å²) < 4.78 is 6.01. The molecule has 1 aromatic carbocycles. The fourth-order valence-electron chi connectivity index (χ4n) is 2.99. The Hall–Kier alpha value is -1.53. The van der Waals surface area contributed by atoms with Gasteiger partial charge in [0.1, 0.15) is 6.07 Å². The van der Waals surface area contributed by atoms with Gasteiger partial charge in [0.05, 0.1) is 16.9 Å².